The second-order valence-electron chi connectivity index (χ2n) is 6.21. The van der Waals surface area contributed by atoms with Gasteiger partial charge < -0.3 is 10.2 Å². The molecule has 0 spiro atoms. The summed E-state index contributed by atoms with van der Waals surface area (Å²) in [6.45, 7) is 7.75. The van der Waals surface area contributed by atoms with Crippen molar-refractivity contribution in [1.82, 2.24) is 14.8 Å². The molecule has 0 saturated carbocycles. The third-order valence-electron chi connectivity index (χ3n) is 4.26. The summed E-state index contributed by atoms with van der Waals surface area (Å²) in [6, 6.07) is 7.54. The highest BCUT2D eigenvalue weighted by atomic mass is 35.5. The van der Waals surface area contributed by atoms with E-state index in [0.29, 0.717) is 16.7 Å². The summed E-state index contributed by atoms with van der Waals surface area (Å²) in [7, 11) is 0. The Morgan fingerprint density at radius 2 is 1.88 bits per heavy atom. The van der Waals surface area contributed by atoms with Crippen LogP contribution in [0, 0.1) is 0 Å². The molecular formula is C18H23ClN4OS. The highest BCUT2D eigenvalue weighted by Crippen LogP contribution is 2.25. The average molecular weight is 379 g/mol. The maximum atomic E-state index is 12.3. The molecule has 0 unspecified atom stereocenters. The molecule has 1 fully saturated rings. The molecule has 1 N–H and O–H groups in total. The van der Waals surface area contributed by atoms with Gasteiger partial charge in [0.05, 0.1) is 12.2 Å². The zero-order chi connectivity index (χ0) is 17.6. The van der Waals surface area contributed by atoms with E-state index in [1.54, 1.807) is 0 Å². The topological polar surface area (TPSA) is 48.5 Å². The molecule has 0 bridgehead atoms. The molecule has 134 valence electrons. The van der Waals surface area contributed by atoms with E-state index in [2.05, 4.69) is 27.0 Å². The minimum absolute atomic E-state index is 0.000877. The van der Waals surface area contributed by atoms with Crippen molar-refractivity contribution in [2.45, 2.75) is 13.3 Å². The van der Waals surface area contributed by atoms with Crippen molar-refractivity contribution in [3.05, 3.63) is 34.7 Å². The summed E-state index contributed by atoms with van der Waals surface area (Å²) >= 11 is 7.35. The number of amides is 1. The molecule has 5 nitrogen and oxygen atoms in total. The van der Waals surface area contributed by atoms with Crippen molar-refractivity contribution in [3.63, 3.8) is 0 Å². The Morgan fingerprint density at radius 1 is 1.20 bits per heavy atom. The van der Waals surface area contributed by atoms with Crippen LogP contribution in [0.25, 0.3) is 11.3 Å². The van der Waals surface area contributed by atoms with Crippen LogP contribution in [0.15, 0.2) is 29.6 Å². The van der Waals surface area contributed by atoms with Crippen LogP contribution in [-0.4, -0.2) is 60.0 Å². The first-order valence-corrected chi connectivity index (χ1v) is 9.86. The molecule has 2 aromatic rings. The van der Waals surface area contributed by atoms with Crippen molar-refractivity contribution < 1.29 is 4.79 Å². The highest BCUT2D eigenvalue weighted by Gasteiger charge is 2.18. The fourth-order valence-electron chi connectivity index (χ4n) is 2.93. The summed E-state index contributed by atoms with van der Waals surface area (Å²) in [4.78, 5) is 21.4. The predicted molar refractivity (Wildman–Crippen MR) is 104 cm³/mol. The van der Waals surface area contributed by atoms with Crippen molar-refractivity contribution >= 4 is 34.0 Å². The number of halogens is 1. The fourth-order valence-corrected chi connectivity index (χ4v) is 3.80. The first-order valence-electron chi connectivity index (χ1n) is 8.60. The predicted octanol–water partition coefficient (Wildman–Crippen LogP) is 3.43. The number of nitrogens with one attached hydrogen (secondary N) is 1. The zero-order valence-electron chi connectivity index (χ0n) is 14.4. The summed E-state index contributed by atoms with van der Waals surface area (Å²) in [5.74, 6) is 0.000877. The second-order valence-corrected chi connectivity index (χ2v) is 7.51. The van der Waals surface area contributed by atoms with Gasteiger partial charge in [0.15, 0.2) is 5.13 Å². The molecule has 7 heteroatoms. The lowest BCUT2D eigenvalue weighted by Gasteiger charge is -2.33. The molecule has 1 saturated heterocycles. The Balaban J connectivity index is 1.49. The van der Waals surface area contributed by atoms with Crippen LogP contribution >= 0.6 is 22.9 Å². The number of thiazole rings is 1. The van der Waals surface area contributed by atoms with E-state index in [1.807, 2.05) is 29.6 Å². The van der Waals surface area contributed by atoms with Gasteiger partial charge in [-0.25, -0.2) is 4.98 Å². The number of anilines is 1. The molecule has 0 atom stereocenters. The molecule has 0 radical (unpaired) electrons. The minimum atomic E-state index is 0.000877. The smallest absolute Gasteiger partial charge is 0.240 e. The number of carbonyl (C=O) groups excluding carboxylic acids is 1. The van der Waals surface area contributed by atoms with E-state index < -0.39 is 0 Å². The number of benzene rings is 1. The molecule has 1 amide bonds. The lowest BCUT2D eigenvalue weighted by molar-refractivity contribution is -0.117. The van der Waals surface area contributed by atoms with E-state index in [0.717, 1.165) is 44.0 Å². The van der Waals surface area contributed by atoms with Crippen LogP contribution in [0.3, 0.4) is 0 Å². The largest absolute Gasteiger partial charge is 0.301 e. The van der Waals surface area contributed by atoms with Crippen LogP contribution < -0.4 is 5.32 Å². The Hall–Kier alpha value is -1.47. The maximum absolute atomic E-state index is 12.3. The quantitative estimate of drug-likeness (QED) is 0.836. The summed E-state index contributed by atoms with van der Waals surface area (Å²) < 4.78 is 0. The van der Waals surface area contributed by atoms with Crippen LogP contribution in [0.2, 0.25) is 5.02 Å². The highest BCUT2D eigenvalue weighted by molar-refractivity contribution is 7.14. The molecule has 0 aliphatic carbocycles. The zero-order valence-corrected chi connectivity index (χ0v) is 15.9. The Bertz CT molecular complexity index is 695. The van der Waals surface area contributed by atoms with Gasteiger partial charge in [0.2, 0.25) is 5.91 Å². The second kappa shape index (κ2) is 8.76. The third kappa shape index (κ3) is 5.25. The summed E-state index contributed by atoms with van der Waals surface area (Å²) in [6.07, 6.45) is 1.18. The number of hydrogen-bond acceptors (Lipinski definition) is 5. The van der Waals surface area contributed by atoms with Crippen molar-refractivity contribution in [1.29, 1.82) is 0 Å². The monoisotopic (exact) mass is 378 g/mol. The van der Waals surface area contributed by atoms with Gasteiger partial charge in [0, 0.05) is 42.1 Å². The van der Waals surface area contributed by atoms with Gasteiger partial charge >= 0.3 is 0 Å². The number of rotatable bonds is 6. The normalized spacial score (nSPS) is 16.1. The van der Waals surface area contributed by atoms with Crippen molar-refractivity contribution in [2.75, 3.05) is 44.6 Å². The molecule has 25 heavy (non-hydrogen) atoms. The van der Waals surface area contributed by atoms with Crippen molar-refractivity contribution in [3.8, 4) is 11.3 Å². The molecule has 1 aliphatic rings. The van der Waals surface area contributed by atoms with Gasteiger partial charge in [-0.3, -0.25) is 9.69 Å². The number of piperazine rings is 1. The number of carbonyl (C=O) groups is 1. The number of hydrogen-bond donors (Lipinski definition) is 1. The molecular weight excluding hydrogens is 356 g/mol. The van der Waals surface area contributed by atoms with Gasteiger partial charge in [-0.05, 0) is 25.1 Å². The van der Waals surface area contributed by atoms with Gasteiger partial charge in [-0.2, -0.15) is 0 Å². The van der Waals surface area contributed by atoms with E-state index in [1.165, 1.54) is 17.8 Å². The van der Waals surface area contributed by atoms with E-state index >= 15 is 0 Å². The molecule has 2 heterocycles. The van der Waals surface area contributed by atoms with Crippen LogP contribution in [-0.2, 0) is 4.79 Å². The van der Waals surface area contributed by atoms with Crippen molar-refractivity contribution in [2.24, 2.45) is 0 Å². The molecule has 1 aliphatic heterocycles. The number of nitrogens with zero attached hydrogens (tertiary/aromatic N) is 3. The first kappa shape index (κ1) is 18.3. The fraction of sp³-hybridized carbons (Fsp3) is 0.444. The Labute approximate surface area is 157 Å². The third-order valence-corrected chi connectivity index (χ3v) is 5.27. The summed E-state index contributed by atoms with van der Waals surface area (Å²) in [5, 5.41) is 6.20. The van der Waals surface area contributed by atoms with Crippen LogP contribution in [0.5, 0.6) is 0 Å². The van der Waals surface area contributed by atoms with E-state index in [-0.39, 0.29) is 5.91 Å². The first-order chi connectivity index (χ1) is 12.1. The van der Waals surface area contributed by atoms with Crippen LogP contribution in [0.4, 0.5) is 5.13 Å². The Morgan fingerprint density at radius 3 is 2.56 bits per heavy atom. The molecule has 1 aromatic carbocycles. The van der Waals surface area contributed by atoms with Gasteiger partial charge in [0.1, 0.15) is 0 Å². The number of aromatic nitrogens is 1. The average Bonchev–Trinajstić information content (AvgIpc) is 3.06. The van der Waals surface area contributed by atoms with E-state index in [4.69, 9.17) is 11.6 Å². The van der Waals surface area contributed by atoms with Gasteiger partial charge in [0.25, 0.3) is 0 Å². The standard InChI is InChI=1S/C18H23ClN4OS/c1-2-7-22-8-10-23(11-9-22)12-17(24)21-18-20-16(13-25-18)14-3-5-15(19)6-4-14/h3-6,13H,2,7-12H2,1H3,(H,20,21,24). The lowest BCUT2D eigenvalue weighted by atomic mass is 10.2. The van der Waals surface area contributed by atoms with Gasteiger partial charge in [-0.15, -0.1) is 11.3 Å². The molecule has 3 rings (SSSR count). The molecule has 1 aromatic heterocycles. The SMILES string of the molecule is CCCN1CCN(CC(=O)Nc2nc(-c3ccc(Cl)cc3)cs2)CC1. The maximum Gasteiger partial charge on any atom is 0.240 e. The Kier molecular flexibility index (Phi) is 6.42. The van der Waals surface area contributed by atoms with E-state index in [9.17, 15) is 4.79 Å². The lowest BCUT2D eigenvalue weighted by Crippen LogP contribution is -2.48. The summed E-state index contributed by atoms with van der Waals surface area (Å²) in [5.41, 5.74) is 1.85. The van der Waals surface area contributed by atoms with Gasteiger partial charge in [-0.1, -0.05) is 30.7 Å². The van der Waals surface area contributed by atoms with Crippen LogP contribution in [0.1, 0.15) is 13.3 Å². The minimum Gasteiger partial charge on any atom is -0.301 e.